The van der Waals surface area contributed by atoms with Crippen LogP contribution in [0.2, 0.25) is 0 Å². The lowest BCUT2D eigenvalue weighted by Crippen LogP contribution is -2.64. The summed E-state index contributed by atoms with van der Waals surface area (Å²) in [5.41, 5.74) is 2.69. The van der Waals surface area contributed by atoms with Gasteiger partial charge < -0.3 is 19.5 Å². The van der Waals surface area contributed by atoms with Crippen LogP contribution < -0.4 is 10.1 Å². The molecule has 1 aliphatic heterocycles. The highest BCUT2D eigenvalue weighted by Crippen LogP contribution is 2.33. The number of imidazole rings is 1. The summed E-state index contributed by atoms with van der Waals surface area (Å²) in [6.07, 6.45) is 14.5. The van der Waals surface area contributed by atoms with Crippen molar-refractivity contribution in [2.24, 2.45) is 11.1 Å². The maximum absolute atomic E-state index is 13.7. The number of aryl methyl sites for hydroxylation is 1. The Kier molecular flexibility index (Phi) is 8.38. The summed E-state index contributed by atoms with van der Waals surface area (Å²) >= 11 is 0. The van der Waals surface area contributed by atoms with Gasteiger partial charge in [-0.1, -0.05) is 29.5 Å². The lowest BCUT2D eigenvalue weighted by molar-refractivity contribution is 0.144. The van der Waals surface area contributed by atoms with Crippen LogP contribution in [-0.2, 0) is 4.84 Å². The maximum Gasteiger partial charge on any atom is 0.324 e. The number of ether oxygens (including phenoxy) is 1. The monoisotopic (exact) mass is 535 g/mol. The number of amidine groups is 1. The third kappa shape index (κ3) is 6.13. The Morgan fingerprint density at radius 1 is 1.38 bits per heavy atom. The number of carbonyl (C=O) groups is 1. The molecule has 9 heteroatoms. The average molecular weight is 536 g/mol. The van der Waals surface area contributed by atoms with Gasteiger partial charge in [-0.05, 0) is 77.0 Å². The van der Waals surface area contributed by atoms with Gasteiger partial charge in [0.15, 0.2) is 5.84 Å². The molecule has 2 amide bonds. The molecule has 0 saturated carbocycles. The van der Waals surface area contributed by atoms with Crippen LogP contribution in [0.4, 0.5) is 9.18 Å². The fourth-order valence-corrected chi connectivity index (χ4v) is 4.77. The molecule has 2 aromatic rings. The summed E-state index contributed by atoms with van der Waals surface area (Å²) < 4.78 is 21.3. The van der Waals surface area contributed by atoms with Crippen molar-refractivity contribution in [1.82, 2.24) is 19.8 Å². The van der Waals surface area contributed by atoms with Gasteiger partial charge in [-0.3, -0.25) is 4.90 Å². The highest BCUT2D eigenvalue weighted by molar-refractivity contribution is 6.14. The van der Waals surface area contributed by atoms with E-state index in [-0.39, 0.29) is 25.2 Å². The molecule has 0 radical (unpaired) electrons. The van der Waals surface area contributed by atoms with Gasteiger partial charge in [-0.15, -0.1) is 0 Å². The van der Waals surface area contributed by atoms with E-state index in [2.05, 4.69) is 15.5 Å². The maximum atomic E-state index is 13.7. The van der Waals surface area contributed by atoms with E-state index < -0.39 is 5.54 Å². The average Bonchev–Trinajstić information content (AvgIpc) is 3.31. The minimum atomic E-state index is -0.737. The minimum Gasteiger partial charge on any atom is -0.495 e. The largest absolute Gasteiger partial charge is 0.495 e. The fraction of sp³-hybridized carbons (Fsp3) is 0.367. The van der Waals surface area contributed by atoms with E-state index in [0.717, 1.165) is 22.5 Å². The van der Waals surface area contributed by atoms with Crippen molar-refractivity contribution in [3.8, 4) is 11.4 Å². The molecular weight excluding hydrogens is 497 g/mol. The first-order valence-corrected chi connectivity index (χ1v) is 13.1. The third-order valence-corrected chi connectivity index (χ3v) is 6.89. The molecule has 1 saturated heterocycles. The molecule has 2 heterocycles. The number of benzene rings is 1. The molecule has 1 N–H and O–H groups in total. The normalized spacial score (nSPS) is 24.8. The van der Waals surface area contributed by atoms with Gasteiger partial charge in [0.05, 0.1) is 30.4 Å². The lowest BCUT2D eigenvalue weighted by atomic mass is 9.86. The van der Waals surface area contributed by atoms with Gasteiger partial charge in [-0.2, -0.15) is 0 Å². The minimum absolute atomic E-state index is 0. The zero-order valence-corrected chi connectivity index (χ0v) is 23.3. The number of rotatable bonds is 7. The Bertz CT molecular complexity index is 1380. The lowest BCUT2D eigenvalue weighted by Gasteiger charge is -2.44. The van der Waals surface area contributed by atoms with E-state index in [0.29, 0.717) is 24.6 Å². The number of nitrogens with zero attached hydrogens (tertiary/aromatic N) is 4. The fourth-order valence-electron chi connectivity index (χ4n) is 4.77. The van der Waals surface area contributed by atoms with Gasteiger partial charge >= 0.3 is 6.03 Å². The van der Waals surface area contributed by atoms with Crippen molar-refractivity contribution < 1.29 is 20.2 Å². The summed E-state index contributed by atoms with van der Waals surface area (Å²) in [5.74, 6) is 0.749. The molecule has 1 fully saturated rings. The van der Waals surface area contributed by atoms with Crippen LogP contribution in [0.25, 0.3) is 11.8 Å². The van der Waals surface area contributed by atoms with Crippen molar-refractivity contribution in [3.63, 3.8) is 0 Å². The molecule has 2 atom stereocenters. The third-order valence-electron chi connectivity index (χ3n) is 6.89. The Morgan fingerprint density at radius 2 is 2.18 bits per heavy atom. The Labute approximate surface area is 230 Å². The highest BCUT2D eigenvalue weighted by Gasteiger charge is 2.43. The smallest absolute Gasteiger partial charge is 0.324 e. The van der Waals surface area contributed by atoms with Crippen molar-refractivity contribution >= 4 is 17.9 Å². The van der Waals surface area contributed by atoms with Gasteiger partial charge in [0.25, 0.3) is 0 Å². The molecule has 1 unspecified atom stereocenters. The van der Waals surface area contributed by atoms with Crippen LogP contribution in [0.3, 0.4) is 0 Å². The van der Waals surface area contributed by atoms with E-state index in [1.807, 2.05) is 75.7 Å². The van der Waals surface area contributed by atoms with E-state index in [4.69, 9.17) is 9.57 Å². The van der Waals surface area contributed by atoms with Crippen LogP contribution in [0.5, 0.6) is 5.75 Å². The van der Waals surface area contributed by atoms with E-state index in [9.17, 15) is 9.18 Å². The Hall–Kier alpha value is -4.14. The number of urea groups is 1. The summed E-state index contributed by atoms with van der Waals surface area (Å²) in [5, 5.41) is 7.57. The number of hydrogen-bond acceptors (Lipinski definition) is 5. The molecule has 1 aliphatic carbocycles. The van der Waals surface area contributed by atoms with Crippen LogP contribution in [0, 0.1) is 12.8 Å². The Morgan fingerprint density at radius 3 is 2.87 bits per heavy atom. The van der Waals surface area contributed by atoms with Gasteiger partial charge in [0, 0.05) is 25.2 Å². The highest BCUT2D eigenvalue weighted by atomic mass is 19.1. The van der Waals surface area contributed by atoms with E-state index >= 15 is 0 Å². The second-order valence-electron chi connectivity index (χ2n) is 10.1. The summed E-state index contributed by atoms with van der Waals surface area (Å²) in [7, 11) is 1.63. The molecular formula is C30H38FN5O3. The molecule has 0 spiro atoms. The van der Waals surface area contributed by atoms with Gasteiger partial charge in [0.2, 0.25) is 0 Å². The topological polar surface area (TPSA) is 81.0 Å². The Balaban J connectivity index is 0.00000441. The van der Waals surface area contributed by atoms with Crippen molar-refractivity contribution in [2.75, 3.05) is 13.7 Å². The van der Waals surface area contributed by atoms with E-state index in [1.54, 1.807) is 30.5 Å². The zero-order chi connectivity index (χ0) is 28.2. The quantitative estimate of drug-likeness (QED) is 0.419. The number of hydrogen-bond donors (Lipinski definition) is 1. The number of allylic oxidation sites excluding steroid dienone is 5. The molecule has 0 bridgehead atoms. The van der Waals surface area contributed by atoms with Crippen molar-refractivity contribution in [2.45, 2.75) is 52.6 Å². The second kappa shape index (κ2) is 11.7. The molecule has 8 nitrogen and oxygen atoms in total. The van der Waals surface area contributed by atoms with Crippen LogP contribution in [0.15, 0.2) is 77.7 Å². The van der Waals surface area contributed by atoms with Crippen LogP contribution >= 0.6 is 0 Å². The molecule has 39 heavy (non-hydrogen) atoms. The molecule has 4 rings (SSSR count). The molecule has 1 aromatic heterocycles. The number of amides is 2. The second-order valence-corrected chi connectivity index (χ2v) is 10.1. The number of oxime groups is 1. The number of halogens is 1. The van der Waals surface area contributed by atoms with Crippen molar-refractivity contribution in [1.29, 1.82) is 0 Å². The zero-order valence-electron chi connectivity index (χ0n) is 23.3. The summed E-state index contributed by atoms with van der Waals surface area (Å²) in [6, 6.07) is 5.34. The van der Waals surface area contributed by atoms with Crippen molar-refractivity contribution in [3.05, 3.63) is 83.8 Å². The number of nitrogens with one attached hydrogen (secondary N) is 1. The molecule has 208 valence electrons. The standard InChI is InChI=1S/C30H36FN5O3.H2/c1-7-39-34-28-25(16-22-14-15-26(27(17-22)38-6)35-18-20(2)32-19-35)30(4,5)33-29(37)36(28)21(3)23-10-8-12-24(31)13-9-11-23;/h8-10,12-19,21,23H,7,11H2,1-6H3,(H,33,37);1H/b10-8+,13-9-,24-12+,25-16-,34-28+;/t21-,23?;/m1./s1. The number of methoxy groups -OCH3 is 1. The predicted molar refractivity (Wildman–Crippen MR) is 153 cm³/mol. The first-order valence-electron chi connectivity index (χ1n) is 13.1. The number of aromatic nitrogens is 2. The first-order chi connectivity index (χ1) is 18.6. The SMILES string of the molecule is CCO/N=C1\C(=C\c2ccc(-n3cnc(C)c3)c(OC)c2)C(C)(C)NC(=O)N1[C@H](C)C1/C=C/C=C(F)\C=C/C1.[HH]. The number of carbonyl (C=O) groups excluding carboxylic acids is 1. The van der Waals surface area contributed by atoms with Gasteiger partial charge in [-0.25, -0.2) is 14.2 Å². The summed E-state index contributed by atoms with van der Waals surface area (Å²) in [4.78, 5) is 25.0. The van der Waals surface area contributed by atoms with Crippen LogP contribution in [-0.4, -0.2) is 51.6 Å². The molecule has 1 aromatic carbocycles. The van der Waals surface area contributed by atoms with E-state index in [1.165, 1.54) is 12.2 Å². The molecule has 2 aliphatic rings. The van der Waals surface area contributed by atoms with Gasteiger partial charge in [0.1, 0.15) is 18.2 Å². The summed E-state index contributed by atoms with van der Waals surface area (Å²) in [6.45, 7) is 9.97. The predicted octanol–water partition coefficient (Wildman–Crippen LogP) is 6.35. The first kappa shape index (κ1) is 27.9. The van der Waals surface area contributed by atoms with Crippen LogP contribution in [0.1, 0.15) is 46.8 Å².